The topological polar surface area (TPSA) is 38.3 Å². The first-order valence-corrected chi connectivity index (χ1v) is 5.73. The van der Waals surface area contributed by atoms with Crippen molar-refractivity contribution in [2.24, 2.45) is 0 Å². The SMILES string of the molecule is C=CC(=O)N[C@@H](C)c1ccccc1OC(C)C. The number of amides is 1. The zero-order valence-corrected chi connectivity index (χ0v) is 10.6. The van der Waals surface area contributed by atoms with Gasteiger partial charge in [0.1, 0.15) is 5.75 Å². The Kier molecular flexibility index (Phi) is 4.76. The molecule has 92 valence electrons. The van der Waals surface area contributed by atoms with Gasteiger partial charge in [-0.15, -0.1) is 0 Å². The molecule has 0 fully saturated rings. The molecule has 0 radical (unpaired) electrons. The van der Waals surface area contributed by atoms with Crippen molar-refractivity contribution in [3.05, 3.63) is 42.5 Å². The normalized spacial score (nSPS) is 12.0. The van der Waals surface area contributed by atoms with Gasteiger partial charge in [0.2, 0.25) is 5.91 Å². The predicted octanol–water partition coefficient (Wildman–Crippen LogP) is 2.84. The summed E-state index contributed by atoms with van der Waals surface area (Å²) in [6.45, 7) is 9.31. The van der Waals surface area contributed by atoms with E-state index in [4.69, 9.17) is 4.74 Å². The van der Waals surface area contributed by atoms with Crippen molar-refractivity contribution in [2.45, 2.75) is 32.9 Å². The average molecular weight is 233 g/mol. The Morgan fingerprint density at radius 2 is 2.00 bits per heavy atom. The minimum atomic E-state index is -0.183. The number of hydrogen-bond acceptors (Lipinski definition) is 2. The lowest BCUT2D eigenvalue weighted by Crippen LogP contribution is -2.25. The fraction of sp³-hybridized carbons (Fsp3) is 0.357. The Bertz CT molecular complexity index is 399. The van der Waals surface area contributed by atoms with E-state index >= 15 is 0 Å². The van der Waals surface area contributed by atoms with E-state index in [2.05, 4.69) is 11.9 Å². The highest BCUT2D eigenvalue weighted by Gasteiger charge is 2.13. The van der Waals surface area contributed by atoms with E-state index in [-0.39, 0.29) is 18.1 Å². The van der Waals surface area contributed by atoms with Crippen molar-refractivity contribution in [1.29, 1.82) is 0 Å². The molecule has 1 aromatic carbocycles. The summed E-state index contributed by atoms with van der Waals surface area (Å²) in [6, 6.07) is 7.61. The number of carbonyl (C=O) groups is 1. The fourth-order valence-electron chi connectivity index (χ4n) is 1.55. The van der Waals surface area contributed by atoms with E-state index in [1.165, 1.54) is 6.08 Å². The van der Waals surface area contributed by atoms with Gasteiger partial charge in [-0.05, 0) is 32.9 Å². The standard InChI is InChI=1S/C14H19NO2/c1-5-14(16)15-11(4)12-8-6-7-9-13(12)17-10(2)3/h5-11H,1H2,2-4H3,(H,15,16)/t11-/m0/s1. The van der Waals surface area contributed by atoms with Gasteiger partial charge < -0.3 is 10.1 Å². The Hall–Kier alpha value is -1.77. The van der Waals surface area contributed by atoms with Crippen molar-refractivity contribution < 1.29 is 9.53 Å². The highest BCUT2D eigenvalue weighted by atomic mass is 16.5. The highest BCUT2D eigenvalue weighted by Crippen LogP contribution is 2.25. The van der Waals surface area contributed by atoms with Gasteiger partial charge in [-0.2, -0.15) is 0 Å². The molecule has 0 unspecified atom stereocenters. The molecule has 0 aliphatic heterocycles. The molecule has 0 saturated heterocycles. The molecular formula is C14H19NO2. The molecule has 3 nitrogen and oxygen atoms in total. The van der Waals surface area contributed by atoms with Gasteiger partial charge in [-0.25, -0.2) is 0 Å². The van der Waals surface area contributed by atoms with Gasteiger partial charge in [0, 0.05) is 5.56 Å². The summed E-state index contributed by atoms with van der Waals surface area (Å²) in [5.74, 6) is 0.621. The molecule has 1 atom stereocenters. The van der Waals surface area contributed by atoms with Crippen molar-refractivity contribution in [1.82, 2.24) is 5.32 Å². The maximum Gasteiger partial charge on any atom is 0.243 e. The minimum absolute atomic E-state index is 0.101. The summed E-state index contributed by atoms with van der Waals surface area (Å²) in [4.78, 5) is 11.3. The smallest absolute Gasteiger partial charge is 0.243 e. The number of hydrogen-bond donors (Lipinski definition) is 1. The van der Waals surface area contributed by atoms with Crippen molar-refractivity contribution in [3.63, 3.8) is 0 Å². The number of para-hydroxylation sites is 1. The molecule has 0 aliphatic rings. The quantitative estimate of drug-likeness (QED) is 0.794. The van der Waals surface area contributed by atoms with Gasteiger partial charge in [0.25, 0.3) is 0 Å². The Morgan fingerprint density at radius 3 is 2.59 bits per heavy atom. The van der Waals surface area contributed by atoms with E-state index in [0.717, 1.165) is 11.3 Å². The largest absolute Gasteiger partial charge is 0.491 e. The number of carbonyl (C=O) groups excluding carboxylic acids is 1. The lowest BCUT2D eigenvalue weighted by molar-refractivity contribution is -0.117. The Labute approximate surface area is 102 Å². The van der Waals surface area contributed by atoms with E-state index in [1.807, 2.05) is 45.0 Å². The first kappa shape index (κ1) is 13.3. The van der Waals surface area contributed by atoms with Crippen LogP contribution in [0, 0.1) is 0 Å². The summed E-state index contributed by atoms with van der Waals surface area (Å²) < 4.78 is 5.70. The molecule has 0 spiro atoms. The van der Waals surface area contributed by atoms with Gasteiger partial charge in [-0.1, -0.05) is 24.8 Å². The van der Waals surface area contributed by atoms with Crippen LogP contribution in [0.5, 0.6) is 5.75 Å². The molecule has 0 saturated carbocycles. The molecule has 3 heteroatoms. The van der Waals surface area contributed by atoms with Crippen LogP contribution in [0.2, 0.25) is 0 Å². The molecule has 0 bridgehead atoms. The zero-order valence-electron chi connectivity index (χ0n) is 10.6. The molecular weight excluding hydrogens is 214 g/mol. The minimum Gasteiger partial charge on any atom is -0.491 e. The van der Waals surface area contributed by atoms with Crippen LogP contribution in [0.1, 0.15) is 32.4 Å². The second-order valence-corrected chi connectivity index (χ2v) is 4.14. The first-order valence-electron chi connectivity index (χ1n) is 5.73. The van der Waals surface area contributed by atoms with Gasteiger partial charge in [0.15, 0.2) is 0 Å². The lowest BCUT2D eigenvalue weighted by atomic mass is 10.1. The third kappa shape index (κ3) is 3.94. The molecule has 0 aromatic heterocycles. The third-order valence-electron chi connectivity index (χ3n) is 2.29. The second kappa shape index (κ2) is 6.09. The number of nitrogens with one attached hydrogen (secondary N) is 1. The van der Waals surface area contributed by atoms with Crippen LogP contribution in [-0.2, 0) is 4.79 Å². The fourth-order valence-corrected chi connectivity index (χ4v) is 1.55. The zero-order chi connectivity index (χ0) is 12.8. The summed E-state index contributed by atoms with van der Waals surface area (Å²) >= 11 is 0. The maximum absolute atomic E-state index is 11.3. The van der Waals surface area contributed by atoms with E-state index in [9.17, 15) is 4.79 Å². The van der Waals surface area contributed by atoms with Crippen LogP contribution in [0.3, 0.4) is 0 Å². The first-order chi connectivity index (χ1) is 8.04. The Morgan fingerprint density at radius 1 is 1.35 bits per heavy atom. The van der Waals surface area contributed by atoms with E-state index in [0.29, 0.717) is 0 Å². The molecule has 1 rings (SSSR count). The number of ether oxygens (including phenoxy) is 1. The summed E-state index contributed by atoms with van der Waals surface area (Å²) in [7, 11) is 0. The van der Waals surface area contributed by atoms with E-state index < -0.39 is 0 Å². The van der Waals surface area contributed by atoms with Crippen LogP contribution in [0.4, 0.5) is 0 Å². The van der Waals surface area contributed by atoms with Crippen molar-refractivity contribution in [3.8, 4) is 5.75 Å². The van der Waals surface area contributed by atoms with Crippen LogP contribution in [-0.4, -0.2) is 12.0 Å². The molecule has 1 aromatic rings. The third-order valence-corrected chi connectivity index (χ3v) is 2.29. The van der Waals surface area contributed by atoms with E-state index in [1.54, 1.807) is 0 Å². The van der Waals surface area contributed by atoms with Crippen LogP contribution >= 0.6 is 0 Å². The maximum atomic E-state index is 11.3. The van der Waals surface area contributed by atoms with Gasteiger partial charge in [0.05, 0.1) is 12.1 Å². The average Bonchev–Trinajstić information content (AvgIpc) is 2.28. The van der Waals surface area contributed by atoms with Crippen molar-refractivity contribution >= 4 is 5.91 Å². The van der Waals surface area contributed by atoms with Crippen molar-refractivity contribution in [2.75, 3.05) is 0 Å². The van der Waals surface area contributed by atoms with Gasteiger partial charge in [-0.3, -0.25) is 4.79 Å². The summed E-state index contributed by atoms with van der Waals surface area (Å²) in [5, 5.41) is 2.82. The predicted molar refractivity (Wildman–Crippen MR) is 69.0 cm³/mol. The molecule has 17 heavy (non-hydrogen) atoms. The summed E-state index contributed by atoms with van der Waals surface area (Å²) in [5.41, 5.74) is 0.969. The summed E-state index contributed by atoms with van der Waals surface area (Å²) in [6.07, 6.45) is 1.38. The van der Waals surface area contributed by atoms with Gasteiger partial charge >= 0.3 is 0 Å². The number of rotatable bonds is 5. The molecule has 1 amide bonds. The monoisotopic (exact) mass is 233 g/mol. The highest BCUT2D eigenvalue weighted by molar-refractivity contribution is 5.87. The van der Waals surface area contributed by atoms with Crippen LogP contribution in [0.15, 0.2) is 36.9 Å². The lowest BCUT2D eigenvalue weighted by Gasteiger charge is -2.19. The molecule has 0 aliphatic carbocycles. The van der Waals surface area contributed by atoms with Crippen LogP contribution in [0.25, 0.3) is 0 Å². The second-order valence-electron chi connectivity index (χ2n) is 4.14. The van der Waals surface area contributed by atoms with Crippen LogP contribution < -0.4 is 10.1 Å². The molecule has 0 heterocycles. The Balaban J connectivity index is 2.88. The number of benzene rings is 1. The molecule has 1 N–H and O–H groups in total.